The SMILES string of the molecule is COc1ccc2c(c1)CN(C(=O)c1cc(C)cc(=O)[nH]1)CC2. The molecule has 5 nitrogen and oxygen atoms in total. The Morgan fingerprint density at radius 3 is 2.77 bits per heavy atom. The van der Waals surface area contributed by atoms with E-state index in [0.29, 0.717) is 18.8 Å². The number of hydrogen-bond donors (Lipinski definition) is 1. The van der Waals surface area contributed by atoms with Crippen LogP contribution in [-0.4, -0.2) is 29.4 Å². The first-order valence-electron chi connectivity index (χ1n) is 7.23. The van der Waals surface area contributed by atoms with Gasteiger partial charge < -0.3 is 14.6 Å². The van der Waals surface area contributed by atoms with Crippen LogP contribution in [0.15, 0.2) is 35.1 Å². The molecule has 0 radical (unpaired) electrons. The number of nitrogens with zero attached hydrogens (tertiary/aromatic N) is 1. The van der Waals surface area contributed by atoms with Crippen molar-refractivity contribution in [2.24, 2.45) is 0 Å². The zero-order chi connectivity index (χ0) is 15.7. The molecule has 0 fully saturated rings. The number of methoxy groups -OCH3 is 1. The van der Waals surface area contributed by atoms with Crippen LogP contribution in [0, 0.1) is 6.92 Å². The van der Waals surface area contributed by atoms with Crippen LogP contribution in [0.3, 0.4) is 0 Å². The molecule has 0 spiro atoms. The number of ether oxygens (including phenoxy) is 1. The first-order valence-corrected chi connectivity index (χ1v) is 7.23. The molecule has 1 N–H and O–H groups in total. The topological polar surface area (TPSA) is 62.4 Å². The highest BCUT2D eigenvalue weighted by molar-refractivity contribution is 5.92. The Balaban J connectivity index is 1.87. The molecular weight excluding hydrogens is 280 g/mol. The van der Waals surface area contributed by atoms with Gasteiger partial charge >= 0.3 is 0 Å². The highest BCUT2D eigenvalue weighted by Crippen LogP contribution is 2.24. The van der Waals surface area contributed by atoms with E-state index in [4.69, 9.17) is 4.74 Å². The molecule has 2 heterocycles. The average Bonchev–Trinajstić information content (AvgIpc) is 2.52. The van der Waals surface area contributed by atoms with Gasteiger partial charge in [-0.1, -0.05) is 6.07 Å². The van der Waals surface area contributed by atoms with Crippen LogP contribution in [0.1, 0.15) is 27.2 Å². The van der Waals surface area contributed by atoms with E-state index in [1.54, 1.807) is 18.1 Å². The second-order valence-electron chi connectivity index (χ2n) is 5.55. The van der Waals surface area contributed by atoms with Gasteiger partial charge in [-0.2, -0.15) is 0 Å². The lowest BCUT2D eigenvalue weighted by atomic mass is 9.99. The van der Waals surface area contributed by atoms with Gasteiger partial charge in [0.15, 0.2) is 0 Å². The molecular formula is C17H18N2O3. The maximum atomic E-state index is 12.6. The Kier molecular flexibility index (Phi) is 3.71. The molecule has 1 aromatic heterocycles. The highest BCUT2D eigenvalue weighted by Gasteiger charge is 2.22. The largest absolute Gasteiger partial charge is 0.497 e. The molecule has 5 heteroatoms. The van der Waals surface area contributed by atoms with Gasteiger partial charge in [0.05, 0.1) is 7.11 Å². The zero-order valence-corrected chi connectivity index (χ0v) is 12.7. The van der Waals surface area contributed by atoms with Crippen molar-refractivity contribution in [3.05, 3.63) is 63.1 Å². The zero-order valence-electron chi connectivity index (χ0n) is 12.7. The summed E-state index contributed by atoms with van der Waals surface area (Å²) in [7, 11) is 1.63. The summed E-state index contributed by atoms with van der Waals surface area (Å²) >= 11 is 0. The number of benzene rings is 1. The third-order valence-corrected chi connectivity index (χ3v) is 3.93. The number of aryl methyl sites for hydroxylation is 1. The van der Waals surface area contributed by atoms with Crippen molar-refractivity contribution in [1.82, 2.24) is 9.88 Å². The van der Waals surface area contributed by atoms with Crippen molar-refractivity contribution in [2.45, 2.75) is 19.9 Å². The Bertz CT molecular complexity index is 780. The Morgan fingerprint density at radius 2 is 2.05 bits per heavy atom. The number of H-pyrrole nitrogens is 1. The number of aromatic nitrogens is 1. The molecule has 0 bridgehead atoms. The lowest BCUT2D eigenvalue weighted by molar-refractivity contribution is 0.0728. The van der Waals surface area contributed by atoms with E-state index >= 15 is 0 Å². The number of hydrogen-bond acceptors (Lipinski definition) is 3. The van der Waals surface area contributed by atoms with Gasteiger partial charge in [-0.05, 0) is 48.2 Å². The molecule has 0 atom stereocenters. The Hall–Kier alpha value is -2.56. The van der Waals surface area contributed by atoms with Crippen molar-refractivity contribution < 1.29 is 9.53 Å². The van der Waals surface area contributed by atoms with Crippen LogP contribution >= 0.6 is 0 Å². The molecule has 0 unspecified atom stereocenters. The molecule has 22 heavy (non-hydrogen) atoms. The quantitative estimate of drug-likeness (QED) is 0.921. The van der Waals surface area contributed by atoms with Gasteiger partial charge in [0.1, 0.15) is 11.4 Å². The van der Waals surface area contributed by atoms with Crippen molar-refractivity contribution in [1.29, 1.82) is 0 Å². The van der Waals surface area contributed by atoms with Gasteiger partial charge in [0, 0.05) is 19.2 Å². The Morgan fingerprint density at radius 1 is 1.23 bits per heavy atom. The number of aromatic amines is 1. The van der Waals surface area contributed by atoms with E-state index < -0.39 is 0 Å². The monoisotopic (exact) mass is 298 g/mol. The minimum Gasteiger partial charge on any atom is -0.497 e. The summed E-state index contributed by atoms with van der Waals surface area (Å²) in [4.78, 5) is 28.5. The van der Waals surface area contributed by atoms with Gasteiger partial charge in [-0.3, -0.25) is 9.59 Å². The van der Waals surface area contributed by atoms with E-state index in [1.165, 1.54) is 11.6 Å². The average molecular weight is 298 g/mol. The van der Waals surface area contributed by atoms with Crippen LogP contribution in [0.2, 0.25) is 0 Å². The minimum atomic E-state index is -0.248. The summed E-state index contributed by atoms with van der Waals surface area (Å²) in [6, 6.07) is 9.14. The van der Waals surface area contributed by atoms with Crippen molar-refractivity contribution in [3.8, 4) is 5.75 Å². The van der Waals surface area contributed by atoms with Gasteiger partial charge in [0.2, 0.25) is 5.56 Å². The molecule has 1 amide bonds. The van der Waals surface area contributed by atoms with E-state index in [1.807, 2.05) is 25.1 Å². The fourth-order valence-corrected chi connectivity index (χ4v) is 2.80. The molecule has 3 rings (SSSR count). The molecule has 114 valence electrons. The molecule has 1 aromatic carbocycles. The highest BCUT2D eigenvalue weighted by atomic mass is 16.5. The summed E-state index contributed by atoms with van der Waals surface area (Å²) in [6.07, 6.45) is 0.807. The second-order valence-corrected chi connectivity index (χ2v) is 5.55. The van der Waals surface area contributed by atoms with E-state index in [0.717, 1.165) is 23.3 Å². The summed E-state index contributed by atoms with van der Waals surface area (Å²) in [5.74, 6) is 0.645. The molecule has 0 saturated heterocycles. The second kappa shape index (κ2) is 5.67. The molecule has 1 aliphatic rings. The summed E-state index contributed by atoms with van der Waals surface area (Å²) < 4.78 is 5.24. The number of nitrogens with one attached hydrogen (secondary N) is 1. The summed E-state index contributed by atoms with van der Waals surface area (Å²) in [5, 5.41) is 0. The molecule has 1 aliphatic heterocycles. The van der Waals surface area contributed by atoms with E-state index in [2.05, 4.69) is 4.98 Å². The van der Waals surface area contributed by atoms with Crippen LogP contribution in [0.4, 0.5) is 0 Å². The fraction of sp³-hybridized carbons (Fsp3) is 0.294. The minimum absolute atomic E-state index is 0.144. The van der Waals surface area contributed by atoms with Crippen molar-refractivity contribution in [2.75, 3.05) is 13.7 Å². The molecule has 0 saturated carbocycles. The van der Waals surface area contributed by atoms with Crippen LogP contribution in [-0.2, 0) is 13.0 Å². The standard InChI is InChI=1S/C17H18N2O3/c1-11-7-15(18-16(20)8-11)17(21)19-6-5-12-3-4-14(22-2)9-13(12)10-19/h3-4,7-9H,5-6,10H2,1-2H3,(H,18,20). The number of fused-ring (bicyclic) bond motifs is 1. The molecule has 0 aliphatic carbocycles. The maximum Gasteiger partial charge on any atom is 0.270 e. The third-order valence-electron chi connectivity index (χ3n) is 3.93. The van der Waals surface area contributed by atoms with Crippen molar-refractivity contribution in [3.63, 3.8) is 0 Å². The number of pyridine rings is 1. The summed E-state index contributed by atoms with van der Waals surface area (Å²) in [6.45, 7) is 2.98. The van der Waals surface area contributed by atoms with Crippen molar-refractivity contribution >= 4 is 5.91 Å². The van der Waals surface area contributed by atoms with Crippen LogP contribution < -0.4 is 10.3 Å². The number of amides is 1. The van der Waals surface area contributed by atoms with E-state index in [-0.39, 0.29) is 11.5 Å². The Labute approximate surface area is 128 Å². The predicted octanol–water partition coefficient (Wildman–Crippen LogP) is 1.89. The molecule has 2 aromatic rings. The number of carbonyl (C=O) groups excluding carboxylic acids is 1. The van der Waals surface area contributed by atoms with Gasteiger partial charge in [-0.15, -0.1) is 0 Å². The third kappa shape index (κ3) is 2.74. The lowest BCUT2D eigenvalue weighted by Gasteiger charge is -2.29. The number of carbonyl (C=O) groups is 1. The smallest absolute Gasteiger partial charge is 0.270 e. The van der Waals surface area contributed by atoms with Gasteiger partial charge in [-0.25, -0.2) is 0 Å². The first kappa shape index (κ1) is 14.4. The predicted molar refractivity (Wildman–Crippen MR) is 83.2 cm³/mol. The van der Waals surface area contributed by atoms with Crippen LogP contribution in [0.5, 0.6) is 5.75 Å². The summed E-state index contributed by atoms with van der Waals surface area (Å²) in [5.41, 5.74) is 3.21. The number of rotatable bonds is 2. The fourth-order valence-electron chi connectivity index (χ4n) is 2.80. The van der Waals surface area contributed by atoms with E-state index in [9.17, 15) is 9.59 Å². The first-order chi connectivity index (χ1) is 10.6. The normalized spacial score (nSPS) is 13.6. The lowest BCUT2D eigenvalue weighted by Crippen LogP contribution is -2.37. The van der Waals surface area contributed by atoms with Gasteiger partial charge in [0.25, 0.3) is 5.91 Å². The van der Waals surface area contributed by atoms with Crippen LogP contribution in [0.25, 0.3) is 0 Å². The maximum absolute atomic E-state index is 12.6.